The van der Waals surface area contributed by atoms with Crippen molar-refractivity contribution in [3.05, 3.63) is 57.8 Å². The minimum absolute atomic E-state index is 0.00848. The summed E-state index contributed by atoms with van der Waals surface area (Å²) in [5.74, 6) is -0.801. The zero-order valence-electron chi connectivity index (χ0n) is 15.9. The average Bonchev–Trinajstić information content (AvgIpc) is 2.76. The number of hydrogen-bond acceptors (Lipinski definition) is 2. The number of benzene rings is 2. The second-order valence-corrected chi connectivity index (χ2v) is 9.08. The Bertz CT molecular complexity index is 983. The summed E-state index contributed by atoms with van der Waals surface area (Å²) in [4.78, 5) is 16.4. The zero-order valence-corrected chi connectivity index (χ0v) is 17.4. The van der Waals surface area contributed by atoms with Gasteiger partial charge in [-0.1, -0.05) is 15.9 Å². The van der Waals surface area contributed by atoms with Crippen LogP contribution in [0, 0.1) is 11.7 Å². The lowest BCUT2D eigenvalue weighted by molar-refractivity contribution is -0.137. The van der Waals surface area contributed by atoms with E-state index in [2.05, 4.69) is 15.9 Å². The number of anilines is 2. The monoisotopic (exact) mass is 470 g/mol. The molecule has 0 atom stereocenters. The molecule has 2 aromatic rings. The van der Waals surface area contributed by atoms with Crippen molar-refractivity contribution in [1.29, 1.82) is 0 Å². The van der Waals surface area contributed by atoms with E-state index < -0.39 is 23.0 Å². The van der Waals surface area contributed by atoms with Crippen molar-refractivity contribution in [3.8, 4) is 0 Å². The number of amides is 1. The van der Waals surface area contributed by atoms with Gasteiger partial charge in [0.2, 0.25) is 5.91 Å². The van der Waals surface area contributed by atoms with Gasteiger partial charge in [-0.3, -0.25) is 4.79 Å². The fourth-order valence-corrected chi connectivity index (χ4v) is 4.42. The molecular weight excluding hydrogens is 452 g/mol. The Balaban J connectivity index is 1.49. The zero-order chi connectivity index (χ0) is 21.1. The summed E-state index contributed by atoms with van der Waals surface area (Å²) in [7, 11) is 0. The Hall–Kier alpha value is -2.09. The first-order valence-electron chi connectivity index (χ1n) is 9.21. The molecule has 0 spiro atoms. The highest BCUT2D eigenvalue weighted by molar-refractivity contribution is 9.10. The van der Waals surface area contributed by atoms with Gasteiger partial charge in [-0.25, -0.2) is 4.39 Å². The van der Waals surface area contributed by atoms with Crippen molar-refractivity contribution in [2.45, 2.75) is 25.4 Å². The quantitative estimate of drug-likeness (QED) is 0.563. The summed E-state index contributed by atoms with van der Waals surface area (Å²) in [6, 6.07) is 8.33. The van der Waals surface area contributed by atoms with E-state index in [9.17, 15) is 22.4 Å². The van der Waals surface area contributed by atoms with Crippen LogP contribution in [-0.2, 0) is 16.4 Å². The number of carbonyl (C=O) groups excluding carboxylic acids is 1. The van der Waals surface area contributed by atoms with E-state index in [0.717, 1.165) is 27.9 Å². The molecule has 0 N–H and O–H groups in total. The van der Waals surface area contributed by atoms with Crippen LogP contribution in [0.4, 0.5) is 28.9 Å². The van der Waals surface area contributed by atoms with Crippen molar-refractivity contribution in [1.82, 2.24) is 0 Å². The molecule has 1 amide bonds. The van der Waals surface area contributed by atoms with Crippen LogP contribution >= 0.6 is 15.9 Å². The molecule has 0 saturated carbocycles. The Labute approximate surface area is 174 Å². The lowest BCUT2D eigenvalue weighted by Crippen LogP contribution is -2.53. The van der Waals surface area contributed by atoms with E-state index in [1.54, 1.807) is 9.80 Å². The van der Waals surface area contributed by atoms with Crippen LogP contribution in [0.1, 0.15) is 25.0 Å². The van der Waals surface area contributed by atoms with E-state index >= 15 is 0 Å². The van der Waals surface area contributed by atoms with Gasteiger partial charge >= 0.3 is 6.18 Å². The summed E-state index contributed by atoms with van der Waals surface area (Å²) >= 11 is 3.44. The molecule has 0 unspecified atom stereocenters. The lowest BCUT2D eigenvalue weighted by Gasteiger charge is -2.43. The number of carbonyl (C=O) groups is 1. The Morgan fingerprint density at radius 1 is 1.14 bits per heavy atom. The van der Waals surface area contributed by atoms with Crippen molar-refractivity contribution < 1.29 is 22.4 Å². The molecule has 2 aliphatic heterocycles. The second kappa shape index (κ2) is 6.72. The molecule has 2 heterocycles. The first kappa shape index (κ1) is 20.2. The van der Waals surface area contributed by atoms with Crippen molar-refractivity contribution in [3.63, 3.8) is 0 Å². The SMILES string of the molecule is CC1(C)C(=O)N(CC2CN(c3cc(F)cc(C(F)(F)F)c3)C2)c2ccc(Br)cc21. The Morgan fingerprint density at radius 2 is 1.83 bits per heavy atom. The average molecular weight is 471 g/mol. The molecule has 0 radical (unpaired) electrons. The molecule has 154 valence electrons. The van der Waals surface area contributed by atoms with Gasteiger partial charge in [0, 0.05) is 41.4 Å². The van der Waals surface area contributed by atoms with Gasteiger partial charge in [0.15, 0.2) is 0 Å². The van der Waals surface area contributed by atoms with Gasteiger partial charge in [-0.15, -0.1) is 0 Å². The molecule has 4 rings (SSSR count). The van der Waals surface area contributed by atoms with Crippen molar-refractivity contribution in [2.24, 2.45) is 5.92 Å². The predicted octanol–water partition coefficient (Wildman–Crippen LogP) is 5.37. The Kier molecular flexibility index (Phi) is 4.68. The van der Waals surface area contributed by atoms with Crippen molar-refractivity contribution in [2.75, 3.05) is 29.4 Å². The molecule has 2 aromatic carbocycles. The highest BCUT2D eigenvalue weighted by atomic mass is 79.9. The van der Waals surface area contributed by atoms with Gasteiger partial charge in [-0.2, -0.15) is 13.2 Å². The minimum Gasteiger partial charge on any atom is -0.371 e. The minimum atomic E-state index is -4.59. The fraction of sp³-hybridized carbons (Fsp3) is 0.381. The van der Waals surface area contributed by atoms with E-state index in [1.807, 2.05) is 32.0 Å². The molecule has 8 heteroatoms. The summed E-state index contributed by atoms with van der Waals surface area (Å²) < 4.78 is 53.4. The molecule has 0 aromatic heterocycles. The molecule has 1 fully saturated rings. The normalized spacial score (nSPS) is 18.8. The van der Waals surface area contributed by atoms with Crippen LogP contribution in [0.15, 0.2) is 40.9 Å². The van der Waals surface area contributed by atoms with E-state index in [0.29, 0.717) is 25.7 Å². The summed E-state index contributed by atoms with van der Waals surface area (Å²) in [6.07, 6.45) is -4.59. The highest BCUT2D eigenvalue weighted by Gasteiger charge is 2.45. The number of alkyl halides is 3. The molecule has 0 bridgehead atoms. The fourth-order valence-electron chi connectivity index (χ4n) is 4.06. The standard InChI is InChI=1S/C21H19BrF4N2O/c1-20(2)17-7-14(22)3-4-18(17)28(19(20)29)11-12-9-27(10-12)16-6-13(21(24,25)26)5-15(23)8-16/h3-8,12H,9-11H2,1-2H3. The largest absolute Gasteiger partial charge is 0.416 e. The maximum Gasteiger partial charge on any atom is 0.416 e. The topological polar surface area (TPSA) is 23.6 Å². The lowest BCUT2D eigenvalue weighted by atomic mass is 9.86. The van der Waals surface area contributed by atoms with E-state index in [4.69, 9.17) is 0 Å². The summed E-state index contributed by atoms with van der Waals surface area (Å²) in [5, 5.41) is 0. The summed E-state index contributed by atoms with van der Waals surface area (Å²) in [5.41, 5.74) is 0.407. The van der Waals surface area contributed by atoms with Gasteiger partial charge in [-0.05, 0) is 55.8 Å². The molecule has 3 nitrogen and oxygen atoms in total. The molecule has 2 aliphatic rings. The van der Waals surface area contributed by atoms with Crippen LogP contribution in [0.5, 0.6) is 0 Å². The number of fused-ring (bicyclic) bond motifs is 1. The second-order valence-electron chi connectivity index (χ2n) is 8.17. The number of rotatable bonds is 3. The third-order valence-corrected chi connectivity index (χ3v) is 6.17. The maximum absolute atomic E-state index is 13.7. The van der Waals surface area contributed by atoms with Gasteiger partial charge in [0.05, 0.1) is 11.0 Å². The summed E-state index contributed by atoms with van der Waals surface area (Å²) in [6.45, 7) is 5.20. The van der Waals surface area contributed by atoms with Gasteiger partial charge in [0.25, 0.3) is 0 Å². The smallest absolute Gasteiger partial charge is 0.371 e. The first-order chi connectivity index (χ1) is 13.5. The molecular formula is C21H19BrF4N2O. The van der Waals surface area contributed by atoms with Crippen LogP contribution in [0.2, 0.25) is 0 Å². The van der Waals surface area contributed by atoms with E-state index in [1.165, 1.54) is 0 Å². The third-order valence-electron chi connectivity index (χ3n) is 5.68. The Morgan fingerprint density at radius 3 is 2.48 bits per heavy atom. The van der Waals surface area contributed by atoms with Crippen molar-refractivity contribution >= 4 is 33.2 Å². The maximum atomic E-state index is 13.7. The number of halogens is 5. The first-order valence-corrected chi connectivity index (χ1v) is 10.0. The van der Waals surface area contributed by atoms with Crippen LogP contribution < -0.4 is 9.80 Å². The van der Waals surface area contributed by atoms with Crippen LogP contribution in [0.3, 0.4) is 0 Å². The van der Waals surface area contributed by atoms with Crippen LogP contribution in [0.25, 0.3) is 0 Å². The number of hydrogen-bond donors (Lipinski definition) is 0. The molecule has 1 saturated heterocycles. The van der Waals surface area contributed by atoms with Gasteiger partial charge in [0.1, 0.15) is 5.82 Å². The molecule has 0 aliphatic carbocycles. The number of nitrogens with zero attached hydrogens (tertiary/aromatic N) is 2. The molecule has 29 heavy (non-hydrogen) atoms. The van der Waals surface area contributed by atoms with Gasteiger partial charge < -0.3 is 9.80 Å². The highest BCUT2D eigenvalue weighted by Crippen LogP contribution is 2.43. The predicted molar refractivity (Wildman–Crippen MR) is 107 cm³/mol. The van der Waals surface area contributed by atoms with Crippen LogP contribution in [-0.4, -0.2) is 25.5 Å². The van der Waals surface area contributed by atoms with E-state index in [-0.39, 0.29) is 17.5 Å². The third kappa shape index (κ3) is 3.52.